The average molecular weight is 258 g/mol. The topological polar surface area (TPSA) is 76.0 Å². The molecule has 6 nitrogen and oxygen atoms in total. The second kappa shape index (κ2) is 6.34. The summed E-state index contributed by atoms with van der Waals surface area (Å²) in [6.07, 6.45) is 4.74. The van der Waals surface area contributed by atoms with Crippen LogP contribution in [-0.2, 0) is 17.9 Å². The monoisotopic (exact) mass is 258 g/mol. The Kier molecular flexibility index (Phi) is 4.28. The Balaban J connectivity index is 1.74. The molecule has 19 heavy (non-hydrogen) atoms. The smallest absolute Gasteiger partial charge is 0.321 e. The highest BCUT2D eigenvalue weighted by Gasteiger charge is 2.07. The molecule has 3 amide bonds. The van der Waals surface area contributed by atoms with Crippen LogP contribution in [0.15, 0.2) is 49.1 Å². The molecule has 98 valence electrons. The molecule has 2 N–H and O–H groups in total. The Bertz CT molecular complexity index is 537. The van der Waals surface area contributed by atoms with Crippen LogP contribution in [0.5, 0.6) is 0 Å². The third-order valence-electron chi connectivity index (χ3n) is 2.43. The summed E-state index contributed by atoms with van der Waals surface area (Å²) in [6.45, 7) is 0.448. The first-order chi connectivity index (χ1) is 9.24. The lowest BCUT2D eigenvalue weighted by atomic mass is 10.2. The minimum Gasteiger partial charge on any atom is -0.334 e. The van der Waals surface area contributed by atoms with E-state index >= 15 is 0 Å². The van der Waals surface area contributed by atoms with Crippen molar-refractivity contribution >= 4 is 11.9 Å². The van der Waals surface area contributed by atoms with Crippen molar-refractivity contribution in [3.63, 3.8) is 0 Å². The number of carbonyl (C=O) groups excluding carboxylic acids is 2. The van der Waals surface area contributed by atoms with Gasteiger partial charge in [-0.2, -0.15) is 0 Å². The molecule has 0 spiro atoms. The Morgan fingerprint density at radius 1 is 1.21 bits per heavy atom. The molecule has 0 fully saturated rings. The van der Waals surface area contributed by atoms with Crippen molar-refractivity contribution in [1.82, 2.24) is 20.2 Å². The number of imidazole rings is 1. The zero-order valence-electron chi connectivity index (χ0n) is 10.2. The van der Waals surface area contributed by atoms with Gasteiger partial charge in [0.25, 0.3) is 0 Å². The first-order valence-electron chi connectivity index (χ1n) is 5.81. The van der Waals surface area contributed by atoms with Gasteiger partial charge in [0.15, 0.2) is 0 Å². The zero-order chi connectivity index (χ0) is 13.5. The van der Waals surface area contributed by atoms with E-state index in [1.54, 1.807) is 17.0 Å². The molecular formula is C13H14N4O2. The van der Waals surface area contributed by atoms with Crippen molar-refractivity contribution in [2.45, 2.75) is 13.1 Å². The van der Waals surface area contributed by atoms with Gasteiger partial charge in [-0.05, 0) is 5.56 Å². The average Bonchev–Trinajstić information content (AvgIpc) is 2.90. The summed E-state index contributed by atoms with van der Waals surface area (Å²) in [4.78, 5) is 26.8. The molecule has 0 saturated heterocycles. The zero-order valence-corrected chi connectivity index (χ0v) is 10.2. The molecule has 0 radical (unpaired) electrons. The Morgan fingerprint density at radius 3 is 2.68 bits per heavy atom. The Labute approximate surface area is 110 Å². The van der Waals surface area contributed by atoms with Crippen LogP contribution in [0.25, 0.3) is 0 Å². The van der Waals surface area contributed by atoms with Crippen LogP contribution in [-0.4, -0.2) is 21.5 Å². The number of rotatable bonds is 4. The summed E-state index contributed by atoms with van der Waals surface area (Å²) >= 11 is 0. The molecule has 0 aliphatic rings. The fraction of sp³-hybridized carbons (Fsp3) is 0.154. The standard InChI is InChI=1S/C13H14N4O2/c18-12(9-17-7-6-14-10-17)16-13(19)15-8-11-4-2-1-3-5-11/h1-7,10H,8-9H2,(H2,15,16,18,19). The SMILES string of the molecule is O=C(Cn1ccnc1)NC(=O)NCc1ccccc1. The van der Waals surface area contributed by atoms with E-state index in [9.17, 15) is 9.59 Å². The summed E-state index contributed by atoms with van der Waals surface area (Å²) in [5.41, 5.74) is 0.972. The van der Waals surface area contributed by atoms with Gasteiger partial charge in [-0.3, -0.25) is 10.1 Å². The van der Waals surface area contributed by atoms with E-state index in [1.165, 1.54) is 6.33 Å². The maximum Gasteiger partial charge on any atom is 0.321 e. The number of nitrogens with one attached hydrogen (secondary N) is 2. The molecule has 0 bridgehead atoms. The number of urea groups is 1. The lowest BCUT2D eigenvalue weighted by Gasteiger charge is -2.07. The van der Waals surface area contributed by atoms with Crippen molar-refractivity contribution in [3.8, 4) is 0 Å². The summed E-state index contributed by atoms with van der Waals surface area (Å²) in [5.74, 6) is -0.386. The predicted molar refractivity (Wildman–Crippen MR) is 69.0 cm³/mol. The minimum atomic E-state index is -0.506. The number of nitrogens with zero attached hydrogens (tertiary/aromatic N) is 2. The lowest BCUT2D eigenvalue weighted by molar-refractivity contribution is -0.120. The quantitative estimate of drug-likeness (QED) is 0.855. The lowest BCUT2D eigenvalue weighted by Crippen LogP contribution is -2.40. The number of hydrogen-bond donors (Lipinski definition) is 2. The Morgan fingerprint density at radius 2 is 2.00 bits per heavy atom. The van der Waals surface area contributed by atoms with Gasteiger partial charge in [-0.1, -0.05) is 30.3 Å². The normalized spacial score (nSPS) is 9.89. The van der Waals surface area contributed by atoms with Crippen molar-refractivity contribution in [2.24, 2.45) is 0 Å². The fourth-order valence-electron chi connectivity index (χ4n) is 1.53. The summed E-state index contributed by atoms with van der Waals surface area (Å²) in [7, 11) is 0. The number of imide groups is 1. The van der Waals surface area contributed by atoms with Gasteiger partial charge < -0.3 is 9.88 Å². The number of benzene rings is 1. The summed E-state index contributed by atoms with van der Waals surface area (Å²) < 4.78 is 1.58. The van der Waals surface area contributed by atoms with Crippen LogP contribution >= 0.6 is 0 Å². The largest absolute Gasteiger partial charge is 0.334 e. The van der Waals surface area contributed by atoms with Gasteiger partial charge in [-0.25, -0.2) is 9.78 Å². The third-order valence-corrected chi connectivity index (χ3v) is 2.43. The highest BCUT2D eigenvalue weighted by Crippen LogP contribution is 1.96. The maximum atomic E-state index is 11.5. The molecule has 6 heteroatoms. The number of amides is 3. The predicted octanol–water partition coefficient (Wildman–Crippen LogP) is 0.909. The van der Waals surface area contributed by atoms with E-state index < -0.39 is 6.03 Å². The highest BCUT2D eigenvalue weighted by molar-refractivity contribution is 5.94. The van der Waals surface area contributed by atoms with E-state index in [4.69, 9.17) is 0 Å². The van der Waals surface area contributed by atoms with Crippen LogP contribution in [0.2, 0.25) is 0 Å². The van der Waals surface area contributed by atoms with Gasteiger partial charge in [0, 0.05) is 18.9 Å². The van der Waals surface area contributed by atoms with Crippen molar-refractivity contribution in [3.05, 3.63) is 54.6 Å². The van der Waals surface area contributed by atoms with Crippen molar-refractivity contribution < 1.29 is 9.59 Å². The van der Waals surface area contributed by atoms with Gasteiger partial charge >= 0.3 is 6.03 Å². The molecule has 2 aromatic rings. The number of carbonyl (C=O) groups is 2. The molecule has 1 aromatic heterocycles. The van der Waals surface area contributed by atoms with Gasteiger partial charge in [-0.15, -0.1) is 0 Å². The molecule has 0 atom stereocenters. The minimum absolute atomic E-state index is 0.0682. The van der Waals surface area contributed by atoms with Crippen LogP contribution in [0.4, 0.5) is 4.79 Å². The fourth-order valence-corrected chi connectivity index (χ4v) is 1.53. The van der Waals surface area contributed by atoms with Crippen LogP contribution in [0, 0.1) is 0 Å². The van der Waals surface area contributed by atoms with E-state index in [0.29, 0.717) is 6.54 Å². The first kappa shape index (κ1) is 12.8. The molecule has 0 aliphatic carbocycles. The maximum absolute atomic E-state index is 11.5. The first-order valence-corrected chi connectivity index (χ1v) is 5.81. The van der Waals surface area contributed by atoms with Gasteiger partial charge in [0.1, 0.15) is 6.54 Å². The Hall–Kier alpha value is -2.63. The second-order valence-electron chi connectivity index (χ2n) is 3.95. The second-order valence-corrected chi connectivity index (χ2v) is 3.95. The van der Waals surface area contributed by atoms with Crippen LogP contribution < -0.4 is 10.6 Å². The van der Waals surface area contributed by atoms with Crippen molar-refractivity contribution in [1.29, 1.82) is 0 Å². The van der Waals surface area contributed by atoms with Gasteiger partial charge in [0.05, 0.1) is 6.33 Å². The molecule has 1 aromatic carbocycles. The van der Waals surface area contributed by atoms with E-state index in [2.05, 4.69) is 15.6 Å². The van der Waals surface area contributed by atoms with Crippen LogP contribution in [0.1, 0.15) is 5.56 Å². The van der Waals surface area contributed by atoms with Crippen molar-refractivity contribution in [2.75, 3.05) is 0 Å². The van der Waals surface area contributed by atoms with Gasteiger partial charge in [0.2, 0.25) is 5.91 Å². The summed E-state index contributed by atoms with van der Waals surface area (Å²) in [6, 6.07) is 8.96. The molecule has 0 unspecified atom stereocenters. The van der Waals surface area contributed by atoms with Crippen LogP contribution in [0.3, 0.4) is 0 Å². The number of hydrogen-bond acceptors (Lipinski definition) is 3. The molecular weight excluding hydrogens is 244 g/mol. The van der Waals surface area contributed by atoms with E-state index in [1.807, 2.05) is 30.3 Å². The molecule has 2 rings (SSSR count). The molecule has 1 heterocycles. The molecule has 0 saturated carbocycles. The van der Waals surface area contributed by atoms with E-state index in [0.717, 1.165) is 5.56 Å². The number of aromatic nitrogens is 2. The summed E-state index contributed by atoms with van der Waals surface area (Å²) in [5, 5.41) is 4.86. The molecule has 0 aliphatic heterocycles. The van der Waals surface area contributed by atoms with E-state index in [-0.39, 0.29) is 12.5 Å². The highest BCUT2D eigenvalue weighted by atomic mass is 16.2. The third kappa shape index (κ3) is 4.27.